The van der Waals surface area contributed by atoms with Crippen LogP contribution in [-0.2, 0) is 6.54 Å². The van der Waals surface area contributed by atoms with Crippen LogP contribution in [0, 0.1) is 6.92 Å². The van der Waals surface area contributed by atoms with E-state index in [1.807, 2.05) is 43.3 Å². The summed E-state index contributed by atoms with van der Waals surface area (Å²) in [6.45, 7) is 2.60. The minimum Gasteiger partial charge on any atom is -0.381 e. The van der Waals surface area contributed by atoms with E-state index in [-0.39, 0.29) is 0 Å². The molecule has 3 rings (SSSR count). The maximum absolute atomic E-state index is 5.93. The normalized spacial score (nSPS) is 10.7. The molecule has 2 aromatic heterocycles. The molecule has 0 atom stereocenters. The van der Waals surface area contributed by atoms with Gasteiger partial charge in [0.25, 0.3) is 0 Å². The van der Waals surface area contributed by atoms with Crippen molar-refractivity contribution >= 4 is 22.7 Å². The molecule has 0 bridgehead atoms. The van der Waals surface area contributed by atoms with Gasteiger partial charge in [0.1, 0.15) is 0 Å². The fraction of sp³-hybridized carbons (Fsp3) is 0.133. The van der Waals surface area contributed by atoms with Gasteiger partial charge in [-0.05, 0) is 30.7 Å². The molecule has 0 saturated carbocycles. The predicted octanol–water partition coefficient (Wildman–Crippen LogP) is 2.53. The molecule has 20 heavy (non-hydrogen) atoms. The molecule has 5 heteroatoms. The van der Waals surface area contributed by atoms with Crippen molar-refractivity contribution in [3.05, 3.63) is 53.9 Å². The minimum absolute atomic E-state index is 0.400. The molecular formula is C15H15N5. The topological polar surface area (TPSA) is 76.7 Å². The Morgan fingerprint density at radius 3 is 2.55 bits per heavy atom. The number of rotatable bonds is 3. The molecule has 0 amide bonds. The summed E-state index contributed by atoms with van der Waals surface area (Å²) in [5.41, 5.74) is 9.66. The van der Waals surface area contributed by atoms with Crippen LogP contribution >= 0.6 is 0 Å². The molecule has 100 valence electrons. The lowest BCUT2D eigenvalue weighted by molar-refractivity contribution is 1.01. The Kier molecular flexibility index (Phi) is 3.16. The zero-order chi connectivity index (χ0) is 13.9. The Morgan fingerprint density at radius 2 is 1.80 bits per heavy atom. The van der Waals surface area contributed by atoms with Gasteiger partial charge in [-0.15, -0.1) is 0 Å². The highest BCUT2D eigenvalue weighted by Crippen LogP contribution is 2.19. The van der Waals surface area contributed by atoms with E-state index in [1.165, 1.54) is 0 Å². The average molecular weight is 265 g/mol. The molecule has 3 N–H and O–H groups in total. The van der Waals surface area contributed by atoms with E-state index in [4.69, 9.17) is 5.73 Å². The summed E-state index contributed by atoms with van der Waals surface area (Å²) in [6.07, 6.45) is 1.78. The number of benzene rings is 1. The number of aryl methyl sites for hydroxylation is 1. The molecule has 0 aliphatic rings. The van der Waals surface area contributed by atoms with Gasteiger partial charge in [-0.1, -0.05) is 18.2 Å². The molecule has 0 fully saturated rings. The van der Waals surface area contributed by atoms with Gasteiger partial charge >= 0.3 is 0 Å². The largest absolute Gasteiger partial charge is 0.381 e. The summed E-state index contributed by atoms with van der Waals surface area (Å²) < 4.78 is 0. The van der Waals surface area contributed by atoms with E-state index in [0.29, 0.717) is 18.2 Å². The van der Waals surface area contributed by atoms with Gasteiger partial charge in [0.2, 0.25) is 0 Å². The van der Waals surface area contributed by atoms with Crippen LogP contribution in [-0.4, -0.2) is 15.0 Å². The van der Waals surface area contributed by atoms with Gasteiger partial charge in [-0.3, -0.25) is 4.98 Å². The van der Waals surface area contributed by atoms with Gasteiger partial charge in [0.15, 0.2) is 11.6 Å². The molecule has 3 aromatic rings. The minimum atomic E-state index is 0.400. The monoisotopic (exact) mass is 265 g/mol. The SMILES string of the molecule is Cc1cccnc1CNc1nc2ccccc2nc1N. The van der Waals surface area contributed by atoms with Gasteiger partial charge in [0, 0.05) is 6.20 Å². The summed E-state index contributed by atoms with van der Waals surface area (Å²) in [5, 5.41) is 3.20. The number of para-hydroxylation sites is 2. The first-order valence-electron chi connectivity index (χ1n) is 6.40. The molecular weight excluding hydrogens is 250 g/mol. The number of nitrogen functional groups attached to an aromatic ring is 1. The van der Waals surface area contributed by atoms with Crippen molar-refractivity contribution in [2.24, 2.45) is 0 Å². The van der Waals surface area contributed by atoms with Crippen LogP contribution in [0.2, 0.25) is 0 Å². The molecule has 0 spiro atoms. The van der Waals surface area contributed by atoms with Crippen molar-refractivity contribution < 1.29 is 0 Å². The fourth-order valence-corrected chi connectivity index (χ4v) is 2.01. The standard InChI is InChI=1S/C15H15N5/c1-10-5-4-8-17-13(10)9-18-15-14(16)19-11-6-2-3-7-12(11)20-15/h2-8H,9H2,1H3,(H2,16,19)(H,18,20). The molecule has 0 saturated heterocycles. The van der Waals surface area contributed by atoms with Crippen molar-refractivity contribution in [1.29, 1.82) is 0 Å². The van der Waals surface area contributed by atoms with E-state index < -0.39 is 0 Å². The fourth-order valence-electron chi connectivity index (χ4n) is 2.01. The molecule has 5 nitrogen and oxygen atoms in total. The number of nitrogens with zero attached hydrogens (tertiary/aromatic N) is 3. The highest BCUT2D eigenvalue weighted by Gasteiger charge is 2.06. The third-order valence-electron chi connectivity index (χ3n) is 3.14. The molecule has 0 unspecified atom stereocenters. The van der Waals surface area contributed by atoms with E-state index in [2.05, 4.69) is 20.3 Å². The van der Waals surface area contributed by atoms with Crippen molar-refractivity contribution in [1.82, 2.24) is 15.0 Å². The van der Waals surface area contributed by atoms with E-state index >= 15 is 0 Å². The zero-order valence-electron chi connectivity index (χ0n) is 11.2. The van der Waals surface area contributed by atoms with Crippen LogP contribution < -0.4 is 11.1 Å². The first-order valence-corrected chi connectivity index (χ1v) is 6.40. The summed E-state index contributed by atoms with van der Waals surface area (Å²) in [4.78, 5) is 13.2. The van der Waals surface area contributed by atoms with Crippen LogP contribution in [0.5, 0.6) is 0 Å². The Hall–Kier alpha value is -2.69. The number of nitrogens with one attached hydrogen (secondary N) is 1. The van der Waals surface area contributed by atoms with Gasteiger partial charge in [0.05, 0.1) is 23.3 Å². The maximum Gasteiger partial charge on any atom is 0.169 e. The summed E-state index contributed by atoms with van der Waals surface area (Å²) in [5.74, 6) is 0.992. The lowest BCUT2D eigenvalue weighted by Gasteiger charge is -2.09. The second kappa shape index (κ2) is 5.13. The molecule has 2 heterocycles. The Labute approximate surface area is 116 Å². The Morgan fingerprint density at radius 1 is 1.05 bits per heavy atom. The van der Waals surface area contributed by atoms with E-state index in [0.717, 1.165) is 22.3 Å². The summed E-state index contributed by atoms with van der Waals surface area (Å²) in [7, 11) is 0. The summed E-state index contributed by atoms with van der Waals surface area (Å²) in [6, 6.07) is 11.6. The van der Waals surface area contributed by atoms with Gasteiger partial charge in [-0.2, -0.15) is 0 Å². The highest BCUT2D eigenvalue weighted by atomic mass is 15.1. The number of hydrogen-bond donors (Lipinski definition) is 2. The van der Waals surface area contributed by atoms with Gasteiger partial charge in [-0.25, -0.2) is 9.97 Å². The number of pyridine rings is 1. The predicted molar refractivity (Wildman–Crippen MR) is 80.3 cm³/mol. The van der Waals surface area contributed by atoms with Crippen molar-refractivity contribution in [3.8, 4) is 0 Å². The van der Waals surface area contributed by atoms with Crippen LogP contribution in [0.4, 0.5) is 11.6 Å². The second-order valence-corrected chi connectivity index (χ2v) is 4.57. The lowest BCUT2D eigenvalue weighted by Crippen LogP contribution is -2.08. The smallest absolute Gasteiger partial charge is 0.169 e. The maximum atomic E-state index is 5.93. The first-order chi connectivity index (χ1) is 9.74. The second-order valence-electron chi connectivity index (χ2n) is 4.57. The van der Waals surface area contributed by atoms with E-state index in [1.54, 1.807) is 6.20 Å². The van der Waals surface area contributed by atoms with Crippen LogP contribution in [0.15, 0.2) is 42.6 Å². The van der Waals surface area contributed by atoms with E-state index in [9.17, 15) is 0 Å². The summed E-state index contributed by atoms with van der Waals surface area (Å²) >= 11 is 0. The third-order valence-corrected chi connectivity index (χ3v) is 3.14. The molecule has 0 aliphatic carbocycles. The number of anilines is 2. The number of aromatic nitrogens is 3. The van der Waals surface area contributed by atoms with Crippen LogP contribution in [0.25, 0.3) is 11.0 Å². The third kappa shape index (κ3) is 2.38. The molecule has 0 radical (unpaired) electrons. The number of fused-ring (bicyclic) bond motifs is 1. The van der Waals surface area contributed by atoms with Crippen molar-refractivity contribution in [2.75, 3.05) is 11.1 Å². The first kappa shape index (κ1) is 12.3. The molecule has 0 aliphatic heterocycles. The number of hydrogen-bond acceptors (Lipinski definition) is 5. The van der Waals surface area contributed by atoms with Gasteiger partial charge < -0.3 is 11.1 Å². The highest BCUT2D eigenvalue weighted by molar-refractivity contribution is 5.79. The average Bonchev–Trinajstić information content (AvgIpc) is 2.46. The zero-order valence-corrected chi connectivity index (χ0v) is 11.2. The quantitative estimate of drug-likeness (QED) is 0.761. The Balaban J connectivity index is 1.87. The molecule has 1 aromatic carbocycles. The lowest BCUT2D eigenvalue weighted by atomic mass is 10.2. The van der Waals surface area contributed by atoms with Crippen molar-refractivity contribution in [2.45, 2.75) is 13.5 Å². The Bertz CT molecular complexity index is 754. The van der Waals surface area contributed by atoms with Crippen molar-refractivity contribution in [3.63, 3.8) is 0 Å². The van der Waals surface area contributed by atoms with Crippen LogP contribution in [0.1, 0.15) is 11.3 Å². The number of nitrogens with two attached hydrogens (primary N) is 1. The van der Waals surface area contributed by atoms with Crippen LogP contribution in [0.3, 0.4) is 0 Å².